The SMILES string of the molecule is CCCC(=O)O[Si](C)(C)F. The lowest BCUT2D eigenvalue weighted by Crippen LogP contribution is -2.27. The van der Waals surface area contributed by atoms with Crippen LogP contribution in [0.4, 0.5) is 4.11 Å². The largest absolute Gasteiger partial charge is 0.491 e. The van der Waals surface area contributed by atoms with Gasteiger partial charge in [0.05, 0.1) is 0 Å². The smallest absolute Gasteiger partial charge is 0.436 e. The van der Waals surface area contributed by atoms with Crippen LogP contribution in [0.1, 0.15) is 19.8 Å². The maximum Gasteiger partial charge on any atom is 0.436 e. The van der Waals surface area contributed by atoms with E-state index in [1.165, 1.54) is 13.1 Å². The van der Waals surface area contributed by atoms with Crippen LogP contribution in [0, 0.1) is 0 Å². The molecule has 0 bridgehead atoms. The number of halogens is 1. The Hall–Kier alpha value is -0.383. The molecule has 0 rings (SSSR count). The molecule has 0 radical (unpaired) electrons. The summed E-state index contributed by atoms with van der Waals surface area (Å²) in [5.74, 6) is -0.415. The van der Waals surface area contributed by atoms with Gasteiger partial charge in [-0.3, -0.25) is 8.90 Å². The van der Waals surface area contributed by atoms with Crippen molar-refractivity contribution in [2.24, 2.45) is 0 Å². The second-order valence-electron chi connectivity index (χ2n) is 2.59. The van der Waals surface area contributed by atoms with Crippen LogP contribution in [-0.4, -0.2) is 14.6 Å². The standard InChI is InChI=1S/C6H13FO2Si/c1-4-5-6(8)9-10(2,3)7/h4-5H2,1-3H3. The van der Waals surface area contributed by atoms with E-state index in [1.807, 2.05) is 6.92 Å². The summed E-state index contributed by atoms with van der Waals surface area (Å²) < 4.78 is 17.2. The van der Waals surface area contributed by atoms with E-state index in [2.05, 4.69) is 4.43 Å². The van der Waals surface area contributed by atoms with Gasteiger partial charge in [0.25, 0.3) is 5.97 Å². The highest BCUT2D eigenvalue weighted by Crippen LogP contribution is 2.06. The minimum atomic E-state index is -3.11. The molecule has 4 heteroatoms. The monoisotopic (exact) mass is 164 g/mol. The molecule has 0 spiro atoms. The second kappa shape index (κ2) is 3.70. The first-order valence-electron chi connectivity index (χ1n) is 3.36. The maximum absolute atomic E-state index is 12.7. The summed E-state index contributed by atoms with van der Waals surface area (Å²) in [6, 6.07) is 0. The average molecular weight is 164 g/mol. The predicted molar refractivity (Wildman–Crippen MR) is 39.6 cm³/mol. The van der Waals surface area contributed by atoms with Crippen molar-refractivity contribution in [3.8, 4) is 0 Å². The normalized spacial score (nSPS) is 11.2. The van der Waals surface area contributed by atoms with Crippen LogP contribution in [0.5, 0.6) is 0 Å². The number of rotatable bonds is 3. The Bertz CT molecular complexity index is 119. The number of carbonyl (C=O) groups excluding carboxylic acids is 1. The molecule has 0 aliphatic rings. The topological polar surface area (TPSA) is 26.3 Å². The average Bonchev–Trinajstić information content (AvgIpc) is 1.59. The summed E-state index contributed by atoms with van der Waals surface area (Å²) in [5.41, 5.74) is 0. The zero-order valence-electron chi connectivity index (χ0n) is 6.61. The van der Waals surface area contributed by atoms with Gasteiger partial charge in [-0.2, -0.15) is 0 Å². The van der Waals surface area contributed by atoms with E-state index in [9.17, 15) is 8.90 Å². The van der Waals surface area contributed by atoms with E-state index in [4.69, 9.17) is 0 Å². The molecule has 10 heavy (non-hydrogen) atoms. The van der Waals surface area contributed by atoms with E-state index in [0.29, 0.717) is 12.8 Å². The van der Waals surface area contributed by atoms with Crippen molar-refractivity contribution in [2.75, 3.05) is 0 Å². The van der Waals surface area contributed by atoms with Crippen LogP contribution >= 0.6 is 0 Å². The molecule has 0 fully saturated rings. The first-order chi connectivity index (χ1) is 4.45. The molecule has 0 unspecified atom stereocenters. The third kappa shape index (κ3) is 5.75. The van der Waals surface area contributed by atoms with Gasteiger partial charge in [0.2, 0.25) is 0 Å². The van der Waals surface area contributed by atoms with Gasteiger partial charge in [-0.15, -0.1) is 0 Å². The molecule has 60 valence electrons. The fraction of sp³-hybridized carbons (Fsp3) is 0.833. The van der Waals surface area contributed by atoms with Crippen LogP contribution in [0.2, 0.25) is 13.1 Å². The van der Waals surface area contributed by atoms with Crippen LogP contribution in [0.15, 0.2) is 0 Å². The quantitative estimate of drug-likeness (QED) is 0.471. The van der Waals surface area contributed by atoms with Crippen LogP contribution in [0.3, 0.4) is 0 Å². The van der Waals surface area contributed by atoms with Crippen molar-refractivity contribution in [3.05, 3.63) is 0 Å². The van der Waals surface area contributed by atoms with Crippen molar-refractivity contribution in [2.45, 2.75) is 32.9 Å². The van der Waals surface area contributed by atoms with Crippen molar-refractivity contribution in [1.29, 1.82) is 0 Å². The Morgan fingerprint density at radius 1 is 1.60 bits per heavy atom. The maximum atomic E-state index is 12.7. The Balaban J connectivity index is 3.58. The number of carbonyl (C=O) groups is 1. The minimum absolute atomic E-state index is 0.320. The van der Waals surface area contributed by atoms with Gasteiger partial charge in [0.1, 0.15) is 0 Å². The lowest BCUT2D eigenvalue weighted by Gasteiger charge is -2.11. The summed E-state index contributed by atoms with van der Waals surface area (Å²) in [6.07, 6.45) is 1.03. The van der Waals surface area contributed by atoms with Gasteiger partial charge in [0.15, 0.2) is 0 Å². The van der Waals surface area contributed by atoms with Crippen molar-refractivity contribution >= 4 is 14.6 Å². The lowest BCUT2D eigenvalue weighted by molar-refractivity contribution is -0.135. The summed E-state index contributed by atoms with van der Waals surface area (Å²) in [6.45, 7) is 4.55. The van der Waals surface area contributed by atoms with E-state index in [-0.39, 0.29) is 0 Å². The van der Waals surface area contributed by atoms with Gasteiger partial charge in [-0.25, -0.2) is 0 Å². The number of hydrogen-bond acceptors (Lipinski definition) is 2. The first kappa shape index (κ1) is 9.62. The first-order valence-corrected chi connectivity index (χ1v) is 6.15. The Labute approximate surface area is 61.7 Å². The molecule has 0 saturated carbocycles. The molecule has 0 atom stereocenters. The molecule has 0 heterocycles. The van der Waals surface area contributed by atoms with Gasteiger partial charge in [-0.1, -0.05) is 6.92 Å². The fourth-order valence-corrected chi connectivity index (χ4v) is 1.17. The van der Waals surface area contributed by atoms with Gasteiger partial charge in [0, 0.05) is 6.42 Å². The summed E-state index contributed by atoms with van der Waals surface area (Å²) in [4.78, 5) is 10.6. The molecule has 0 aliphatic heterocycles. The zero-order valence-corrected chi connectivity index (χ0v) is 7.61. The summed E-state index contributed by atoms with van der Waals surface area (Å²) in [5, 5.41) is 0. The molecule has 0 aromatic rings. The molecule has 0 amide bonds. The lowest BCUT2D eigenvalue weighted by atomic mass is 10.4. The third-order valence-corrected chi connectivity index (χ3v) is 1.52. The highest BCUT2D eigenvalue weighted by atomic mass is 28.4. The highest BCUT2D eigenvalue weighted by molar-refractivity contribution is 6.65. The molecule has 0 aliphatic carbocycles. The van der Waals surface area contributed by atoms with E-state index >= 15 is 0 Å². The van der Waals surface area contributed by atoms with Gasteiger partial charge in [-0.05, 0) is 19.5 Å². The fourth-order valence-electron chi connectivity index (χ4n) is 0.526. The Kier molecular flexibility index (Phi) is 3.56. The predicted octanol–water partition coefficient (Wildman–Crippen LogP) is 2.00. The molecular formula is C6H13FO2Si. The number of hydrogen-bond donors (Lipinski definition) is 0. The van der Waals surface area contributed by atoms with Gasteiger partial charge < -0.3 is 4.43 Å². The van der Waals surface area contributed by atoms with Crippen LogP contribution in [0.25, 0.3) is 0 Å². The van der Waals surface area contributed by atoms with Crippen molar-refractivity contribution in [1.82, 2.24) is 0 Å². The molecule has 2 nitrogen and oxygen atoms in total. The second-order valence-corrected chi connectivity index (χ2v) is 5.52. The summed E-state index contributed by atoms with van der Waals surface area (Å²) >= 11 is 0. The third-order valence-electron chi connectivity index (χ3n) is 0.811. The van der Waals surface area contributed by atoms with Gasteiger partial charge >= 0.3 is 8.65 Å². The highest BCUT2D eigenvalue weighted by Gasteiger charge is 2.26. The van der Waals surface area contributed by atoms with E-state index in [0.717, 1.165) is 0 Å². The van der Waals surface area contributed by atoms with Crippen molar-refractivity contribution in [3.63, 3.8) is 0 Å². The molecule has 0 saturated heterocycles. The van der Waals surface area contributed by atoms with Crippen LogP contribution < -0.4 is 0 Å². The molecule has 0 aromatic carbocycles. The molecule has 0 N–H and O–H groups in total. The van der Waals surface area contributed by atoms with Crippen molar-refractivity contribution < 1.29 is 13.3 Å². The Morgan fingerprint density at radius 3 is 2.40 bits per heavy atom. The van der Waals surface area contributed by atoms with Crippen LogP contribution in [-0.2, 0) is 9.22 Å². The van der Waals surface area contributed by atoms with E-state index in [1.54, 1.807) is 0 Å². The summed E-state index contributed by atoms with van der Waals surface area (Å²) in [7, 11) is -3.11. The Morgan fingerprint density at radius 2 is 2.10 bits per heavy atom. The minimum Gasteiger partial charge on any atom is -0.491 e. The van der Waals surface area contributed by atoms with E-state index < -0.39 is 14.6 Å². The zero-order chi connectivity index (χ0) is 8.20. The molecule has 0 aromatic heterocycles. The molecular weight excluding hydrogens is 151 g/mol.